The van der Waals surface area contributed by atoms with Gasteiger partial charge >= 0.3 is 0 Å². The molecule has 0 radical (unpaired) electrons. The van der Waals surface area contributed by atoms with Crippen molar-refractivity contribution in [3.8, 4) is 0 Å². The third-order valence-corrected chi connectivity index (χ3v) is 5.49. The van der Waals surface area contributed by atoms with E-state index in [1.165, 1.54) is 0 Å². The van der Waals surface area contributed by atoms with Gasteiger partial charge < -0.3 is 5.73 Å². The average molecular weight is 296 g/mol. The Kier molecular flexibility index (Phi) is 4.52. The molecule has 0 saturated heterocycles. The lowest BCUT2D eigenvalue weighted by molar-refractivity contribution is 0.372. The number of nitrogens with one attached hydrogen (secondary N) is 1. The summed E-state index contributed by atoms with van der Waals surface area (Å²) in [6.07, 6.45) is 3.65. The van der Waals surface area contributed by atoms with Crippen LogP contribution >= 0.6 is 0 Å². The van der Waals surface area contributed by atoms with Gasteiger partial charge in [-0.2, -0.15) is 0 Å². The molecule has 1 aromatic rings. The number of rotatable bonds is 5. The summed E-state index contributed by atoms with van der Waals surface area (Å²) in [7, 11) is -3.41. The van der Waals surface area contributed by atoms with Gasteiger partial charge in [-0.25, -0.2) is 13.1 Å². The minimum atomic E-state index is -3.41. The first-order valence-electron chi connectivity index (χ1n) is 7.14. The normalized spacial score (nSPS) is 22.1. The van der Waals surface area contributed by atoms with Crippen molar-refractivity contribution in [3.05, 3.63) is 29.8 Å². The van der Waals surface area contributed by atoms with Gasteiger partial charge in [-0.15, -0.1) is 0 Å². The van der Waals surface area contributed by atoms with E-state index in [-0.39, 0.29) is 11.5 Å². The predicted molar refractivity (Wildman–Crippen MR) is 80.9 cm³/mol. The van der Waals surface area contributed by atoms with E-state index in [1.54, 1.807) is 12.1 Å². The van der Waals surface area contributed by atoms with Crippen molar-refractivity contribution in [2.45, 2.75) is 50.5 Å². The summed E-state index contributed by atoms with van der Waals surface area (Å²) in [5.74, 6) is 0. The Balaban J connectivity index is 2.07. The highest BCUT2D eigenvalue weighted by Gasteiger charge is 2.33. The molecule has 0 aromatic heterocycles. The van der Waals surface area contributed by atoms with Gasteiger partial charge in [0.2, 0.25) is 10.0 Å². The van der Waals surface area contributed by atoms with Gasteiger partial charge in [0.25, 0.3) is 0 Å². The van der Waals surface area contributed by atoms with E-state index in [1.807, 2.05) is 12.1 Å². The van der Waals surface area contributed by atoms with Crippen molar-refractivity contribution in [1.82, 2.24) is 4.72 Å². The van der Waals surface area contributed by atoms with Gasteiger partial charge in [-0.1, -0.05) is 26.0 Å². The smallest absolute Gasteiger partial charge is 0.240 e. The molecule has 1 fully saturated rings. The fraction of sp³-hybridized carbons (Fsp3) is 0.600. The summed E-state index contributed by atoms with van der Waals surface area (Å²) < 4.78 is 27.5. The van der Waals surface area contributed by atoms with E-state index in [0.29, 0.717) is 11.4 Å². The monoisotopic (exact) mass is 296 g/mol. The van der Waals surface area contributed by atoms with E-state index >= 15 is 0 Å². The Labute approximate surface area is 121 Å². The molecule has 112 valence electrons. The number of sulfonamides is 1. The summed E-state index contributed by atoms with van der Waals surface area (Å²) in [4.78, 5) is 0.336. The molecule has 3 N–H and O–H groups in total. The molecule has 0 aliphatic heterocycles. The maximum Gasteiger partial charge on any atom is 0.240 e. The third kappa shape index (κ3) is 3.81. The van der Waals surface area contributed by atoms with Gasteiger partial charge in [-0.05, 0) is 55.3 Å². The summed E-state index contributed by atoms with van der Waals surface area (Å²) in [5, 5.41) is 0. The molecule has 1 unspecified atom stereocenters. The summed E-state index contributed by atoms with van der Waals surface area (Å²) in [5.41, 5.74) is 6.79. The minimum Gasteiger partial charge on any atom is -0.330 e. The van der Waals surface area contributed by atoms with Crippen molar-refractivity contribution in [2.24, 2.45) is 11.1 Å². The highest BCUT2D eigenvalue weighted by atomic mass is 32.2. The second kappa shape index (κ2) is 5.84. The lowest BCUT2D eigenvalue weighted by Gasteiger charge is -2.18. The maximum absolute atomic E-state index is 12.3. The maximum atomic E-state index is 12.3. The van der Waals surface area contributed by atoms with Crippen LogP contribution in [-0.2, 0) is 16.4 Å². The van der Waals surface area contributed by atoms with Crippen LogP contribution in [0.25, 0.3) is 0 Å². The number of hydrogen-bond donors (Lipinski definition) is 2. The van der Waals surface area contributed by atoms with E-state index < -0.39 is 10.0 Å². The predicted octanol–water partition coefficient (Wildman–Crippen LogP) is 2.04. The quantitative estimate of drug-likeness (QED) is 0.873. The first-order chi connectivity index (χ1) is 9.32. The molecule has 1 aromatic carbocycles. The van der Waals surface area contributed by atoms with E-state index in [2.05, 4.69) is 18.6 Å². The third-order valence-electron chi connectivity index (χ3n) is 3.96. The van der Waals surface area contributed by atoms with Crippen molar-refractivity contribution < 1.29 is 8.42 Å². The van der Waals surface area contributed by atoms with E-state index in [4.69, 9.17) is 5.73 Å². The summed E-state index contributed by atoms with van der Waals surface area (Å²) >= 11 is 0. The highest BCUT2D eigenvalue weighted by molar-refractivity contribution is 7.89. The molecule has 4 nitrogen and oxygen atoms in total. The fourth-order valence-corrected chi connectivity index (χ4v) is 4.10. The molecule has 1 aliphatic rings. The lowest BCUT2D eigenvalue weighted by Crippen LogP contribution is -2.33. The first kappa shape index (κ1) is 15.5. The lowest BCUT2D eigenvalue weighted by atomic mass is 9.92. The van der Waals surface area contributed by atoms with Gasteiger partial charge in [-0.3, -0.25) is 0 Å². The fourth-order valence-electron chi connectivity index (χ4n) is 2.83. The van der Waals surface area contributed by atoms with Crippen LogP contribution in [0.3, 0.4) is 0 Å². The van der Waals surface area contributed by atoms with Crippen molar-refractivity contribution >= 4 is 10.0 Å². The van der Waals surface area contributed by atoms with Crippen LogP contribution in [0, 0.1) is 5.41 Å². The molecular formula is C15H24N2O2S. The zero-order valence-corrected chi connectivity index (χ0v) is 13.0. The molecule has 2 rings (SSSR count). The van der Waals surface area contributed by atoms with Crippen molar-refractivity contribution in [2.75, 3.05) is 6.54 Å². The van der Waals surface area contributed by atoms with Crippen LogP contribution in [0.4, 0.5) is 0 Å². The number of hydrogen-bond acceptors (Lipinski definition) is 3. The highest BCUT2D eigenvalue weighted by Crippen LogP contribution is 2.37. The van der Waals surface area contributed by atoms with Crippen LogP contribution in [0.15, 0.2) is 29.2 Å². The van der Waals surface area contributed by atoms with Gasteiger partial charge in [0, 0.05) is 6.04 Å². The Morgan fingerprint density at radius 1 is 1.30 bits per heavy atom. The average Bonchev–Trinajstić information content (AvgIpc) is 2.69. The molecule has 0 amide bonds. The van der Waals surface area contributed by atoms with Crippen LogP contribution in [0.1, 0.15) is 38.7 Å². The molecule has 0 bridgehead atoms. The molecule has 5 heteroatoms. The molecular weight excluding hydrogens is 272 g/mol. The Morgan fingerprint density at radius 2 is 1.95 bits per heavy atom. The topological polar surface area (TPSA) is 72.2 Å². The molecule has 1 saturated carbocycles. The van der Waals surface area contributed by atoms with Crippen LogP contribution in [0.5, 0.6) is 0 Å². The van der Waals surface area contributed by atoms with E-state index in [0.717, 1.165) is 31.2 Å². The number of benzene rings is 1. The Bertz CT molecular complexity index is 550. The standard InChI is InChI=1S/C15H24N2O2S/c1-15(2)9-7-13(11-15)17-20(18,19)14-5-3-12(4-6-14)8-10-16/h3-6,13,17H,7-11,16H2,1-2H3. The molecule has 1 atom stereocenters. The molecule has 1 aliphatic carbocycles. The van der Waals surface area contributed by atoms with Crippen molar-refractivity contribution in [1.29, 1.82) is 0 Å². The SMILES string of the molecule is CC1(C)CCC(NS(=O)(=O)c2ccc(CCN)cc2)C1. The second-order valence-corrected chi connectivity index (χ2v) is 8.12. The summed E-state index contributed by atoms with van der Waals surface area (Å²) in [6.45, 7) is 4.94. The molecule has 20 heavy (non-hydrogen) atoms. The van der Waals surface area contributed by atoms with Gasteiger partial charge in [0.1, 0.15) is 0 Å². The first-order valence-corrected chi connectivity index (χ1v) is 8.62. The van der Waals surface area contributed by atoms with Gasteiger partial charge in [0.05, 0.1) is 4.90 Å². The van der Waals surface area contributed by atoms with Gasteiger partial charge in [0.15, 0.2) is 0 Å². The minimum absolute atomic E-state index is 0.0544. The zero-order valence-electron chi connectivity index (χ0n) is 12.2. The summed E-state index contributed by atoms with van der Waals surface area (Å²) in [6, 6.07) is 7.04. The molecule has 0 spiro atoms. The van der Waals surface area contributed by atoms with Crippen LogP contribution in [-0.4, -0.2) is 21.0 Å². The van der Waals surface area contributed by atoms with Crippen LogP contribution < -0.4 is 10.5 Å². The Hall–Kier alpha value is -0.910. The zero-order chi connectivity index (χ0) is 14.8. The number of nitrogens with two attached hydrogens (primary N) is 1. The Morgan fingerprint density at radius 3 is 2.45 bits per heavy atom. The van der Waals surface area contributed by atoms with E-state index in [9.17, 15) is 8.42 Å². The second-order valence-electron chi connectivity index (χ2n) is 6.41. The van der Waals surface area contributed by atoms with Crippen LogP contribution in [0.2, 0.25) is 0 Å². The molecule has 0 heterocycles. The largest absolute Gasteiger partial charge is 0.330 e. The van der Waals surface area contributed by atoms with Crippen molar-refractivity contribution in [3.63, 3.8) is 0 Å².